The molecule has 15 heavy (non-hydrogen) atoms. The van der Waals surface area contributed by atoms with Gasteiger partial charge in [0.05, 0.1) is 6.10 Å². The summed E-state index contributed by atoms with van der Waals surface area (Å²) in [6, 6.07) is 0. The van der Waals surface area contributed by atoms with Crippen molar-refractivity contribution in [3.8, 4) is 0 Å². The molecule has 0 saturated carbocycles. The first-order valence-electron chi connectivity index (χ1n) is 5.96. The molecule has 0 rings (SSSR count). The minimum atomic E-state index is -0.414. The largest absolute Gasteiger partial charge is 0.391 e. The Bertz CT molecular complexity index is 176. The van der Waals surface area contributed by atoms with Crippen molar-refractivity contribution in [1.82, 2.24) is 5.32 Å². The van der Waals surface area contributed by atoms with Gasteiger partial charge in [-0.1, -0.05) is 27.7 Å². The zero-order valence-electron chi connectivity index (χ0n) is 10.4. The molecule has 2 N–H and O–H groups in total. The number of aliphatic hydroxyl groups excluding tert-OH is 1. The molecule has 0 radical (unpaired) electrons. The van der Waals surface area contributed by atoms with Gasteiger partial charge in [-0.15, -0.1) is 0 Å². The Morgan fingerprint density at radius 2 is 1.80 bits per heavy atom. The standard InChI is InChI=1S/C12H25NO2/c1-5-10(6-2)12(15)13-8-11(14)7-9(3)4/h9-11,14H,5-8H2,1-4H3,(H,13,15). The summed E-state index contributed by atoms with van der Waals surface area (Å²) in [5, 5.41) is 12.4. The van der Waals surface area contributed by atoms with Crippen molar-refractivity contribution < 1.29 is 9.90 Å². The van der Waals surface area contributed by atoms with Crippen molar-refractivity contribution in [2.45, 2.75) is 53.1 Å². The smallest absolute Gasteiger partial charge is 0.223 e. The van der Waals surface area contributed by atoms with Crippen LogP contribution in [0.5, 0.6) is 0 Å². The number of hydrogen-bond donors (Lipinski definition) is 2. The van der Waals surface area contributed by atoms with Crippen molar-refractivity contribution in [2.24, 2.45) is 11.8 Å². The van der Waals surface area contributed by atoms with Gasteiger partial charge in [0.25, 0.3) is 0 Å². The van der Waals surface area contributed by atoms with E-state index < -0.39 is 6.10 Å². The van der Waals surface area contributed by atoms with E-state index in [1.54, 1.807) is 0 Å². The second kappa shape index (κ2) is 7.69. The van der Waals surface area contributed by atoms with Gasteiger partial charge in [0.15, 0.2) is 0 Å². The predicted molar refractivity (Wildman–Crippen MR) is 62.5 cm³/mol. The Balaban J connectivity index is 3.79. The zero-order chi connectivity index (χ0) is 11.8. The molecular weight excluding hydrogens is 190 g/mol. The van der Waals surface area contributed by atoms with Crippen LogP contribution in [0.25, 0.3) is 0 Å². The molecule has 1 atom stereocenters. The van der Waals surface area contributed by atoms with Crippen LogP contribution in [0, 0.1) is 11.8 Å². The second-order valence-corrected chi connectivity index (χ2v) is 4.54. The maximum absolute atomic E-state index is 11.6. The van der Waals surface area contributed by atoms with E-state index in [2.05, 4.69) is 19.2 Å². The fraction of sp³-hybridized carbons (Fsp3) is 0.917. The minimum absolute atomic E-state index is 0.0720. The molecule has 0 aliphatic carbocycles. The summed E-state index contributed by atoms with van der Waals surface area (Å²) in [5.41, 5.74) is 0. The van der Waals surface area contributed by atoms with Crippen molar-refractivity contribution in [3.63, 3.8) is 0 Å². The molecule has 0 heterocycles. The minimum Gasteiger partial charge on any atom is -0.391 e. The first kappa shape index (κ1) is 14.4. The maximum Gasteiger partial charge on any atom is 0.223 e. The van der Waals surface area contributed by atoms with Crippen molar-refractivity contribution in [3.05, 3.63) is 0 Å². The summed E-state index contributed by atoms with van der Waals surface area (Å²) in [4.78, 5) is 11.6. The third-order valence-corrected chi connectivity index (χ3v) is 2.61. The third kappa shape index (κ3) is 6.50. The predicted octanol–water partition coefficient (Wildman–Crippen LogP) is 1.95. The van der Waals surface area contributed by atoms with Gasteiger partial charge in [-0.25, -0.2) is 0 Å². The lowest BCUT2D eigenvalue weighted by Gasteiger charge is -2.16. The summed E-state index contributed by atoms with van der Waals surface area (Å²) >= 11 is 0. The fourth-order valence-corrected chi connectivity index (χ4v) is 1.65. The average molecular weight is 215 g/mol. The van der Waals surface area contributed by atoms with Gasteiger partial charge in [0, 0.05) is 12.5 Å². The summed E-state index contributed by atoms with van der Waals surface area (Å²) < 4.78 is 0. The van der Waals surface area contributed by atoms with E-state index in [-0.39, 0.29) is 11.8 Å². The zero-order valence-corrected chi connectivity index (χ0v) is 10.4. The fourth-order valence-electron chi connectivity index (χ4n) is 1.65. The van der Waals surface area contributed by atoms with Gasteiger partial charge >= 0.3 is 0 Å². The molecule has 1 unspecified atom stereocenters. The summed E-state index contributed by atoms with van der Waals surface area (Å²) in [7, 11) is 0. The molecule has 0 saturated heterocycles. The number of carbonyl (C=O) groups excluding carboxylic acids is 1. The first-order valence-corrected chi connectivity index (χ1v) is 5.96. The van der Waals surface area contributed by atoms with E-state index in [1.807, 2.05) is 13.8 Å². The van der Waals surface area contributed by atoms with Crippen molar-refractivity contribution in [1.29, 1.82) is 0 Å². The number of rotatable bonds is 7. The van der Waals surface area contributed by atoms with Crippen LogP contribution in [-0.2, 0) is 4.79 Å². The number of aliphatic hydroxyl groups is 1. The van der Waals surface area contributed by atoms with E-state index in [4.69, 9.17) is 0 Å². The van der Waals surface area contributed by atoms with Gasteiger partial charge in [-0.2, -0.15) is 0 Å². The van der Waals surface area contributed by atoms with Crippen LogP contribution in [0.15, 0.2) is 0 Å². The molecular formula is C12H25NO2. The summed E-state index contributed by atoms with van der Waals surface area (Å²) in [6.45, 7) is 8.53. The highest BCUT2D eigenvalue weighted by Gasteiger charge is 2.15. The lowest BCUT2D eigenvalue weighted by atomic mass is 10.0. The maximum atomic E-state index is 11.6. The number of nitrogens with one attached hydrogen (secondary N) is 1. The highest BCUT2D eigenvalue weighted by Crippen LogP contribution is 2.08. The van der Waals surface area contributed by atoms with Crippen LogP contribution in [0.4, 0.5) is 0 Å². The molecule has 0 spiro atoms. The van der Waals surface area contributed by atoms with E-state index in [9.17, 15) is 9.90 Å². The lowest BCUT2D eigenvalue weighted by molar-refractivity contribution is -0.125. The Kier molecular flexibility index (Phi) is 7.39. The SMILES string of the molecule is CCC(CC)C(=O)NCC(O)CC(C)C. The van der Waals surface area contributed by atoms with E-state index in [0.29, 0.717) is 12.5 Å². The third-order valence-electron chi connectivity index (χ3n) is 2.61. The monoisotopic (exact) mass is 215 g/mol. The Morgan fingerprint density at radius 3 is 2.20 bits per heavy atom. The Morgan fingerprint density at radius 1 is 1.27 bits per heavy atom. The van der Waals surface area contributed by atoms with E-state index in [0.717, 1.165) is 19.3 Å². The number of amides is 1. The molecule has 1 amide bonds. The number of carbonyl (C=O) groups is 1. The van der Waals surface area contributed by atoms with Gasteiger partial charge in [-0.05, 0) is 25.2 Å². The van der Waals surface area contributed by atoms with Gasteiger partial charge < -0.3 is 10.4 Å². The van der Waals surface area contributed by atoms with Crippen LogP contribution in [0.3, 0.4) is 0 Å². The highest BCUT2D eigenvalue weighted by atomic mass is 16.3. The molecule has 3 heteroatoms. The first-order chi connectivity index (χ1) is 7.01. The van der Waals surface area contributed by atoms with Gasteiger partial charge in [-0.3, -0.25) is 4.79 Å². The van der Waals surface area contributed by atoms with E-state index in [1.165, 1.54) is 0 Å². The summed E-state index contributed by atoms with van der Waals surface area (Å²) in [6.07, 6.45) is 2.05. The molecule has 0 aromatic heterocycles. The molecule has 90 valence electrons. The van der Waals surface area contributed by atoms with Crippen LogP contribution in [0.1, 0.15) is 47.0 Å². The Labute approximate surface area is 93.3 Å². The quantitative estimate of drug-likeness (QED) is 0.682. The molecule has 0 aliphatic rings. The van der Waals surface area contributed by atoms with Gasteiger partial charge in [0.2, 0.25) is 5.91 Å². The van der Waals surface area contributed by atoms with Crippen LogP contribution in [0.2, 0.25) is 0 Å². The number of hydrogen-bond acceptors (Lipinski definition) is 2. The van der Waals surface area contributed by atoms with E-state index >= 15 is 0 Å². The molecule has 0 aliphatic heterocycles. The van der Waals surface area contributed by atoms with Crippen molar-refractivity contribution in [2.75, 3.05) is 6.54 Å². The molecule has 0 fully saturated rings. The highest BCUT2D eigenvalue weighted by molar-refractivity contribution is 5.78. The molecule has 0 aromatic carbocycles. The molecule has 3 nitrogen and oxygen atoms in total. The average Bonchev–Trinajstić information content (AvgIpc) is 2.15. The van der Waals surface area contributed by atoms with Crippen LogP contribution < -0.4 is 5.32 Å². The normalized spacial score (nSPS) is 13.3. The second-order valence-electron chi connectivity index (χ2n) is 4.54. The lowest BCUT2D eigenvalue weighted by Crippen LogP contribution is -2.36. The van der Waals surface area contributed by atoms with Crippen molar-refractivity contribution >= 4 is 5.91 Å². The molecule has 0 aromatic rings. The van der Waals surface area contributed by atoms with Crippen LogP contribution >= 0.6 is 0 Å². The topological polar surface area (TPSA) is 49.3 Å². The Hall–Kier alpha value is -0.570. The molecule has 0 bridgehead atoms. The van der Waals surface area contributed by atoms with Crippen LogP contribution in [-0.4, -0.2) is 23.7 Å². The van der Waals surface area contributed by atoms with Gasteiger partial charge in [0.1, 0.15) is 0 Å². The summed E-state index contributed by atoms with van der Waals surface area (Å²) in [5.74, 6) is 0.629.